The first kappa shape index (κ1) is 17.8. The van der Waals surface area contributed by atoms with Crippen molar-refractivity contribution in [2.24, 2.45) is 0 Å². The second-order valence-corrected chi connectivity index (χ2v) is 6.36. The SMILES string of the molecule is COc1ccccc1-n1ncnc1C[C@H](C)n1nc(C)c(C(C)=O)c1C. The first-order valence-electron chi connectivity index (χ1n) is 8.53. The maximum absolute atomic E-state index is 11.9. The maximum Gasteiger partial charge on any atom is 0.163 e. The van der Waals surface area contributed by atoms with Crippen LogP contribution in [-0.4, -0.2) is 37.4 Å². The number of hydrogen-bond donors (Lipinski definition) is 0. The molecule has 2 heterocycles. The summed E-state index contributed by atoms with van der Waals surface area (Å²) < 4.78 is 9.12. The number of carbonyl (C=O) groups is 1. The zero-order valence-corrected chi connectivity index (χ0v) is 15.7. The summed E-state index contributed by atoms with van der Waals surface area (Å²) in [5.41, 5.74) is 3.18. The molecule has 3 rings (SSSR count). The fraction of sp³-hybridized carbons (Fsp3) is 0.368. The van der Waals surface area contributed by atoms with Crippen molar-refractivity contribution in [2.75, 3.05) is 7.11 Å². The minimum absolute atomic E-state index is 0.0273. The molecule has 0 radical (unpaired) electrons. The van der Waals surface area contributed by atoms with Crippen LogP contribution < -0.4 is 4.74 Å². The molecule has 0 bridgehead atoms. The monoisotopic (exact) mass is 353 g/mol. The minimum atomic E-state index is 0.0273. The summed E-state index contributed by atoms with van der Waals surface area (Å²) in [6.07, 6.45) is 2.16. The van der Waals surface area contributed by atoms with Gasteiger partial charge in [-0.15, -0.1) is 0 Å². The molecule has 1 aromatic carbocycles. The van der Waals surface area contributed by atoms with Gasteiger partial charge in [0, 0.05) is 12.1 Å². The molecule has 0 saturated heterocycles. The van der Waals surface area contributed by atoms with Crippen LogP contribution in [0.2, 0.25) is 0 Å². The van der Waals surface area contributed by atoms with Crippen LogP contribution in [0.25, 0.3) is 5.69 Å². The molecule has 0 saturated carbocycles. The molecule has 0 fully saturated rings. The van der Waals surface area contributed by atoms with Gasteiger partial charge in [-0.05, 0) is 39.8 Å². The summed E-state index contributed by atoms with van der Waals surface area (Å²) in [4.78, 5) is 16.3. The highest BCUT2D eigenvalue weighted by Crippen LogP contribution is 2.25. The zero-order chi connectivity index (χ0) is 18.8. The van der Waals surface area contributed by atoms with E-state index in [9.17, 15) is 4.79 Å². The van der Waals surface area contributed by atoms with Gasteiger partial charge in [0.05, 0.1) is 24.4 Å². The number of aromatic nitrogens is 5. The van der Waals surface area contributed by atoms with Crippen LogP contribution in [0, 0.1) is 13.8 Å². The summed E-state index contributed by atoms with van der Waals surface area (Å²) in [7, 11) is 1.64. The molecule has 7 heteroatoms. The summed E-state index contributed by atoms with van der Waals surface area (Å²) >= 11 is 0. The minimum Gasteiger partial charge on any atom is -0.494 e. The fourth-order valence-corrected chi connectivity index (χ4v) is 3.36. The fourth-order valence-electron chi connectivity index (χ4n) is 3.36. The lowest BCUT2D eigenvalue weighted by molar-refractivity contribution is 0.101. The third-order valence-electron chi connectivity index (χ3n) is 4.50. The van der Waals surface area contributed by atoms with Gasteiger partial charge >= 0.3 is 0 Å². The molecule has 7 nitrogen and oxygen atoms in total. The van der Waals surface area contributed by atoms with Gasteiger partial charge in [-0.25, -0.2) is 9.67 Å². The highest BCUT2D eigenvalue weighted by molar-refractivity contribution is 5.96. The molecule has 0 spiro atoms. The number of para-hydroxylation sites is 2. The van der Waals surface area contributed by atoms with Crippen molar-refractivity contribution in [2.45, 2.75) is 40.2 Å². The number of methoxy groups -OCH3 is 1. The van der Waals surface area contributed by atoms with E-state index in [1.165, 1.54) is 6.33 Å². The van der Waals surface area contributed by atoms with Crippen LogP contribution >= 0.6 is 0 Å². The lowest BCUT2D eigenvalue weighted by Crippen LogP contribution is -2.15. The number of nitrogens with zero attached hydrogens (tertiary/aromatic N) is 5. The number of carbonyl (C=O) groups excluding carboxylic acids is 1. The maximum atomic E-state index is 11.9. The van der Waals surface area contributed by atoms with Crippen molar-refractivity contribution < 1.29 is 9.53 Å². The molecule has 0 aliphatic carbocycles. The molecule has 0 N–H and O–H groups in total. The van der Waals surface area contributed by atoms with E-state index in [0.29, 0.717) is 12.0 Å². The van der Waals surface area contributed by atoms with Gasteiger partial charge in [0.15, 0.2) is 5.78 Å². The Hall–Kier alpha value is -2.96. The standard InChI is InChI=1S/C19H23N5O2/c1-12(23-14(3)19(15(4)25)13(2)22-23)10-18-20-11-21-24(18)16-8-6-7-9-17(16)26-5/h6-9,11-12H,10H2,1-5H3/t12-/m0/s1. The van der Waals surface area contributed by atoms with Crippen LogP contribution in [0.3, 0.4) is 0 Å². The van der Waals surface area contributed by atoms with Crippen molar-refractivity contribution in [3.8, 4) is 11.4 Å². The molecule has 1 atom stereocenters. The number of Topliss-reactive ketones (excluding diaryl/α,β-unsaturated/α-hetero) is 1. The van der Waals surface area contributed by atoms with Crippen LogP contribution in [0.4, 0.5) is 0 Å². The van der Waals surface area contributed by atoms with Crippen LogP contribution in [0.5, 0.6) is 5.75 Å². The average Bonchev–Trinajstić information content (AvgIpc) is 3.18. The molecule has 136 valence electrons. The first-order valence-corrected chi connectivity index (χ1v) is 8.53. The Morgan fingerprint density at radius 1 is 1.27 bits per heavy atom. The lowest BCUT2D eigenvalue weighted by Gasteiger charge is -2.16. The zero-order valence-electron chi connectivity index (χ0n) is 15.7. The van der Waals surface area contributed by atoms with Gasteiger partial charge < -0.3 is 4.74 Å². The van der Waals surface area contributed by atoms with Crippen molar-refractivity contribution in [3.63, 3.8) is 0 Å². The van der Waals surface area contributed by atoms with Gasteiger partial charge in [0.25, 0.3) is 0 Å². The Morgan fingerprint density at radius 3 is 2.65 bits per heavy atom. The molecular formula is C19H23N5O2. The summed E-state index contributed by atoms with van der Waals surface area (Å²) in [6, 6.07) is 7.72. The van der Waals surface area contributed by atoms with E-state index < -0.39 is 0 Å². The van der Waals surface area contributed by atoms with Crippen molar-refractivity contribution in [3.05, 3.63) is 53.4 Å². The van der Waals surface area contributed by atoms with Crippen molar-refractivity contribution in [1.82, 2.24) is 24.5 Å². The van der Waals surface area contributed by atoms with Crippen LogP contribution in [0.15, 0.2) is 30.6 Å². The van der Waals surface area contributed by atoms with Crippen LogP contribution in [0.1, 0.15) is 47.5 Å². The molecule has 0 unspecified atom stereocenters. The molecule has 0 amide bonds. The third kappa shape index (κ3) is 3.12. The Morgan fingerprint density at radius 2 is 2.00 bits per heavy atom. The largest absolute Gasteiger partial charge is 0.494 e. The molecule has 3 aromatic rings. The predicted molar refractivity (Wildman–Crippen MR) is 98.0 cm³/mol. The smallest absolute Gasteiger partial charge is 0.163 e. The van der Waals surface area contributed by atoms with Gasteiger partial charge in [0.2, 0.25) is 0 Å². The Kier molecular flexibility index (Phi) is 4.88. The summed E-state index contributed by atoms with van der Waals surface area (Å²) in [5.74, 6) is 1.58. The van der Waals surface area contributed by atoms with Gasteiger partial charge in [-0.2, -0.15) is 10.2 Å². The Balaban J connectivity index is 1.93. The van der Waals surface area contributed by atoms with Crippen molar-refractivity contribution in [1.29, 1.82) is 0 Å². The molecule has 0 aliphatic rings. The second-order valence-electron chi connectivity index (χ2n) is 6.36. The molecule has 2 aromatic heterocycles. The number of rotatable bonds is 6. The normalized spacial score (nSPS) is 12.2. The molecule has 0 aliphatic heterocycles. The quantitative estimate of drug-likeness (QED) is 0.637. The van der Waals surface area contributed by atoms with E-state index in [2.05, 4.69) is 22.1 Å². The molecule has 26 heavy (non-hydrogen) atoms. The second kappa shape index (κ2) is 7.11. The van der Waals surface area contributed by atoms with E-state index in [-0.39, 0.29) is 11.8 Å². The number of aryl methyl sites for hydroxylation is 1. The summed E-state index contributed by atoms with van der Waals surface area (Å²) in [5, 5.41) is 8.92. The Bertz CT molecular complexity index is 941. The number of hydrogen-bond acceptors (Lipinski definition) is 5. The van der Waals surface area contributed by atoms with Crippen molar-refractivity contribution >= 4 is 5.78 Å². The first-order chi connectivity index (χ1) is 12.4. The van der Waals surface area contributed by atoms with E-state index in [1.807, 2.05) is 42.8 Å². The van der Waals surface area contributed by atoms with Gasteiger partial charge in [-0.1, -0.05) is 12.1 Å². The van der Waals surface area contributed by atoms with E-state index in [0.717, 1.165) is 28.6 Å². The van der Waals surface area contributed by atoms with Gasteiger partial charge in [0.1, 0.15) is 23.6 Å². The Labute approximate surface area is 152 Å². The summed E-state index contributed by atoms with van der Waals surface area (Å²) in [6.45, 7) is 7.43. The third-order valence-corrected chi connectivity index (χ3v) is 4.50. The van der Waals surface area contributed by atoms with E-state index in [1.54, 1.807) is 18.7 Å². The highest BCUT2D eigenvalue weighted by Gasteiger charge is 2.21. The molecular weight excluding hydrogens is 330 g/mol. The highest BCUT2D eigenvalue weighted by atomic mass is 16.5. The number of ketones is 1. The van der Waals surface area contributed by atoms with E-state index in [4.69, 9.17) is 4.74 Å². The van der Waals surface area contributed by atoms with Gasteiger partial charge in [-0.3, -0.25) is 9.48 Å². The lowest BCUT2D eigenvalue weighted by atomic mass is 10.1. The van der Waals surface area contributed by atoms with Crippen LogP contribution in [-0.2, 0) is 6.42 Å². The number of benzene rings is 1. The van der Waals surface area contributed by atoms with E-state index >= 15 is 0 Å². The predicted octanol–water partition coefficient (Wildman–Crippen LogP) is 3.10. The number of ether oxygens (including phenoxy) is 1. The topological polar surface area (TPSA) is 74.8 Å². The average molecular weight is 353 g/mol.